The smallest absolute Gasteiger partial charge is 0.411 e. The summed E-state index contributed by atoms with van der Waals surface area (Å²) in [6, 6.07) is -1.05. The van der Waals surface area contributed by atoms with Crippen LogP contribution in [0.2, 0.25) is 0 Å². The van der Waals surface area contributed by atoms with Gasteiger partial charge in [0.05, 0.1) is 18.2 Å². The Labute approximate surface area is 110 Å². The van der Waals surface area contributed by atoms with Gasteiger partial charge in [0, 0.05) is 13.1 Å². The zero-order valence-electron chi connectivity index (χ0n) is 11.2. The van der Waals surface area contributed by atoms with Gasteiger partial charge in [-0.05, 0) is 20.8 Å². The van der Waals surface area contributed by atoms with E-state index in [-0.39, 0.29) is 6.54 Å². The van der Waals surface area contributed by atoms with Crippen LogP contribution in [0.5, 0.6) is 0 Å². The van der Waals surface area contributed by atoms with Crippen LogP contribution in [0.25, 0.3) is 0 Å². The summed E-state index contributed by atoms with van der Waals surface area (Å²) in [5, 5.41) is 9.33. The van der Waals surface area contributed by atoms with E-state index in [1.54, 1.807) is 31.7 Å². The van der Waals surface area contributed by atoms with E-state index in [0.717, 1.165) is 0 Å². The minimum Gasteiger partial charge on any atom is -0.479 e. The molecule has 0 fully saturated rings. The van der Waals surface area contributed by atoms with Crippen molar-refractivity contribution < 1.29 is 19.4 Å². The SMILES string of the molecule is CC(C)(C)OC(=O)N1CCn2cncc2C1C(=O)O. The Morgan fingerprint density at radius 1 is 1.42 bits per heavy atom. The largest absolute Gasteiger partial charge is 0.479 e. The fourth-order valence-corrected chi connectivity index (χ4v) is 2.03. The number of aliphatic carboxylic acids is 1. The van der Waals surface area contributed by atoms with E-state index in [1.807, 2.05) is 0 Å². The van der Waals surface area contributed by atoms with E-state index in [9.17, 15) is 14.7 Å². The fourth-order valence-electron chi connectivity index (χ4n) is 2.03. The first-order chi connectivity index (χ1) is 8.79. The summed E-state index contributed by atoms with van der Waals surface area (Å²) >= 11 is 0. The summed E-state index contributed by atoms with van der Waals surface area (Å²) in [5.41, 5.74) is -0.165. The number of carbonyl (C=O) groups is 2. The van der Waals surface area contributed by atoms with Gasteiger partial charge in [-0.15, -0.1) is 0 Å². The number of rotatable bonds is 1. The fraction of sp³-hybridized carbons (Fsp3) is 0.583. The zero-order valence-corrected chi connectivity index (χ0v) is 11.2. The first-order valence-electron chi connectivity index (χ1n) is 6.02. The number of ether oxygens (including phenoxy) is 1. The number of carbonyl (C=O) groups excluding carboxylic acids is 1. The second-order valence-electron chi connectivity index (χ2n) is 5.43. The van der Waals surface area contributed by atoms with Crippen molar-refractivity contribution in [1.82, 2.24) is 14.5 Å². The van der Waals surface area contributed by atoms with E-state index in [0.29, 0.717) is 12.2 Å². The summed E-state index contributed by atoms with van der Waals surface area (Å²) in [6.45, 7) is 6.03. The van der Waals surface area contributed by atoms with Gasteiger partial charge in [0.1, 0.15) is 5.60 Å². The molecule has 2 heterocycles. The molecule has 7 heteroatoms. The van der Waals surface area contributed by atoms with Gasteiger partial charge in [-0.2, -0.15) is 0 Å². The minimum atomic E-state index is -1.09. The lowest BCUT2D eigenvalue weighted by Crippen LogP contribution is -2.47. The van der Waals surface area contributed by atoms with E-state index in [4.69, 9.17) is 4.74 Å². The highest BCUT2D eigenvalue weighted by atomic mass is 16.6. The van der Waals surface area contributed by atoms with Gasteiger partial charge in [-0.1, -0.05) is 0 Å². The number of nitrogens with zero attached hydrogens (tertiary/aromatic N) is 3. The van der Waals surface area contributed by atoms with E-state index >= 15 is 0 Å². The molecule has 1 aliphatic heterocycles. The number of amides is 1. The molecule has 0 aliphatic carbocycles. The Bertz CT molecular complexity index is 503. The molecule has 7 nitrogen and oxygen atoms in total. The molecule has 1 aromatic rings. The van der Waals surface area contributed by atoms with Crippen molar-refractivity contribution in [3.63, 3.8) is 0 Å². The van der Waals surface area contributed by atoms with E-state index in [1.165, 1.54) is 11.1 Å². The number of hydrogen-bond acceptors (Lipinski definition) is 4. The second-order valence-corrected chi connectivity index (χ2v) is 5.43. The van der Waals surface area contributed by atoms with Crippen LogP contribution < -0.4 is 0 Å². The number of carboxylic acids is 1. The van der Waals surface area contributed by atoms with Gasteiger partial charge in [-0.25, -0.2) is 14.6 Å². The van der Waals surface area contributed by atoms with Crippen molar-refractivity contribution in [2.75, 3.05) is 6.54 Å². The quantitative estimate of drug-likeness (QED) is 0.828. The first kappa shape index (κ1) is 13.4. The van der Waals surface area contributed by atoms with Crippen LogP contribution in [0.3, 0.4) is 0 Å². The Balaban J connectivity index is 2.27. The van der Waals surface area contributed by atoms with Crippen LogP contribution in [-0.2, 0) is 16.1 Å². The number of fused-ring (bicyclic) bond motifs is 1. The molecule has 1 aliphatic rings. The maximum atomic E-state index is 12.1. The lowest BCUT2D eigenvalue weighted by atomic mass is 10.1. The van der Waals surface area contributed by atoms with Crippen LogP contribution >= 0.6 is 0 Å². The molecule has 0 bridgehead atoms. The van der Waals surface area contributed by atoms with Crippen LogP contribution in [-0.4, -0.2) is 43.8 Å². The molecule has 2 rings (SSSR count). The average Bonchev–Trinajstić information content (AvgIpc) is 2.72. The second kappa shape index (κ2) is 4.56. The molecule has 0 radical (unpaired) electrons. The molecule has 1 unspecified atom stereocenters. The Morgan fingerprint density at radius 2 is 2.11 bits per heavy atom. The highest BCUT2D eigenvalue weighted by molar-refractivity contribution is 5.81. The first-order valence-corrected chi connectivity index (χ1v) is 6.02. The van der Waals surface area contributed by atoms with Gasteiger partial charge in [0.15, 0.2) is 6.04 Å². The zero-order chi connectivity index (χ0) is 14.2. The van der Waals surface area contributed by atoms with Crippen molar-refractivity contribution in [3.05, 3.63) is 18.2 Å². The van der Waals surface area contributed by atoms with Gasteiger partial charge in [-0.3, -0.25) is 4.90 Å². The normalized spacial score (nSPS) is 18.9. The third kappa shape index (κ3) is 2.69. The molecule has 0 spiro atoms. The molecule has 1 N–H and O–H groups in total. The third-order valence-corrected chi connectivity index (χ3v) is 2.78. The lowest BCUT2D eigenvalue weighted by Gasteiger charge is -2.35. The van der Waals surface area contributed by atoms with Gasteiger partial charge >= 0.3 is 12.1 Å². The molecular formula is C12H17N3O4. The summed E-state index contributed by atoms with van der Waals surface area (Å²) in [4.78, 5) is 28.6. The monoisotopic (exact) mass is 267 g/mol. The average molecular weight is 267 g/mol. The molecule has 0 saturated carbocycles. The van der Waals surface area contributed by atoms with Crippen LogP contribution in [0.15, 0.2) is 12.5 Å². The number of hydrogen-bond donors (Lipinski definition) is 1. The van der Waals surface area contributed by atoms with Crippen LogP contribution in [0, 0.1) is 0 Å². The molecular weight excluding hydrogens is 250 g/mol. The maximum absolute atomic E-state index is 12.1. The topological polar surface area (TPSA) is 84.7 Å². The summed E-state index contributed by atoms with van der Waals surface area (Å²) < 4.78 is 6.98. The van der Waals surface area contributed by atoms with Crippen molar-refractivity contribution in [1.29, 1.82) is 0 Å². The molecule has 1 aromatic heterocycles. The molecule has 1 amide bonds. The maximum Gasteiger partial charge on any atom is 0.411 e. The van der Waals surface area contributed by atoms with Crippen LogP contribution in [0.4, 0.5) is 4.79 Å². The van der Waals surface area contributed by atoms with Crippen molar-refractivity contribution in [2.24, 2.45) is 0 Å². The van der Waals surface area contributed by atoms with Crippen molar-refractivity contribution in [3.8, 4) is 0 Å². The number of imidazole rings is 1. The minimum absolute atomic E-state index is 0.287. The van der Waals surface area contributed by atoms with Crippen LogP contribution in [0.1, 0.15) is 32.5 Å². The standard InChI is InChI=1S/C12H17N3O4/c1-12(2,3)19-11(18)15-5-4-14-7-13-6-8(14)9(15)10(16)17/h6-7,9H,4-5H2,1-3H3,(H,16,17). The summed E-state index contributed by atoms with van der Waals surface area (Å²) in [5.74, 6) is -1.09. The van der Waals surface area contributed by atoms with Crippen molar-refractivity contribution in [2.45, 2.75) is 39.0 Å². The summed E-state index contributed by atoms with van der Waals surface area (Å²) in [6.07, 6.45) is 2.42. The third-order valence-electron chi connectivity index (χ3n) is 2.78. The highest BCUT2D eigenvalue weighted by Crippen LogP contribution is 2.27. The molecule has 19 heavy (non-hydrogen) atoms. The molecule has 1 atom stereocenters. The summed E-state index contributed by atoms with van der Waals surface area (Å²) in [7, 11) is 0. The van der Waals surface area contributed by atoms with Gasteiger partial charge < -0.3 is 14.4 Å². The predicted octanol–water partition coefficient (Wildman–Crippen LogP) is 1.26. The van der Waals surface area contributed by atoms with Gasteiger partial charge in [0.25, 0.3) is 0 Å². The Kier molecular flexibility index (Phi) is 3.21. The predicted molar refractivity (Wildman–Crippen MR) is 65.5 cm³/mol. The molecule has 0 aromatic carbocycles. The highest BCUT2D eigenvalue weighted by Gasteiger charge is 2.38. The van der Waals surface area contributed by atoms with Crippen molar-refractivity contribution >= 4 is 12.1 Å². The Morgan fingerprint density at radius 3 is 2.68 bits per heavy atom. The van der Waals surface area contributed by atoms with E-state index in [2.05, 4.69) is 4.98 Å². The van der Waals surface area contributed by atoms with Gasteiger partial charge in [0.2, 0.25) is 0 Å². The number of aromatic nitrogens is 2. The Hall–Kier alpha value is -2.05. The molecule has 104 valence electrons. The van der Waals surface area contributed by atoms with E-state index < -0.39 is 23.7 Å². The lowest BCUT2D eigenvalue weighted by molar-refractivity contribution is -0.144. The molecule has 0 saturated heterocycles. The number of carboxylic acid groups (broad SMARTS) is 1.